The van der Waals surface area contributed by atoms with Gasteiger partial charge in [0, 0.05) is 23.2 Å². The Morgan fingerprint density at radius 2 is 2.05 bits per heavy atom. The van der Waals surface area contributed by atoms with E-state index in [1.54, 1.807) is 0 Å². The van der Waals surface area contributed by atoms with Crippen LogP contribution >= 0.6 is 22.9 Å². The topological polar surface area (TPSA) is 29.5 Å². The van der Waals surface area contributed by atoms with Gasteiger partial charge in [0.25, 0.3) is 0 Å². The Morgan fingerprint density at radius 1 is 1.35 bits per heavy atom. The first-order valence-corrected chi connectivity index (χ1v) is 7.91. The van der Waals surface area contributed by atoms with Gasteiger partial charge in [0.2, 0.25) is 0 Å². The number of halogens is 1. The quantitative estimate of drug-likeness (QED) is 0.790. The first-order valence-electron chi connectivity index (χ1n) is 6.71. The molecule has 3 rings (SSSR count). The van der Waals surface area contributed by atoms with Crippen LogP contribution in [0.4, 0.5) is 0 Å². The van der Waals surface area contributed by atoms with Gasteiger partial charge in [-0.3, -0.25) is 0 Å². The molecule has 5 heteroatoms. The van der Waals surface area contributed by atoms with E-state index in [0.29, 0.717) is 9.90 Å². The maximum absolute atomic E-state index is 12.3. The van der Waals surface area contributed by atoms with Crippen molar-refractivity contribution in [3.05, 3.63) is 34.2 Å². The highest BCUT2D eigenvalue weighted by Gasteiger charge is 2.24. The predicted molar refractivity (Wildman–Crippen MR) is 82.8 cm³/mol. The van der Waals surface area contributed by atoms with Crippen LogP contribution in [-0.4, -0.2) is 37.1 Å². The fraction of sp³-hybridized carbons (Fsp3) is 0.400. The monoisotopic (exact) mass is 309 g/mol. The Morgan fingerprint density at radius 3 is 2.75 bits per heavy atom. The Balaban J connectivity index is 1.77. The molecule has 1 saturated heterocycles. The largest absolute Gasteiger partial charge is 0.458 e. The molecule has 0 saturated carbocycles. The lowest BCUT2D eigenvalue weighted by Gasteiger charge is -2.28. The molecule has 106 valence electrons. The Labute approximate surface area is 127 Å². The molecule has 2 aromatic rings. The average molecular weight is 310 g/mol. The minimum Gasteiger partial charge on any atom is -0.458 e. The highest BCUT2D eigenvalue weighted by Crippen LogP contribution is 2.35. The molecule has 20 heavy (non-hydrogen) atoms. The molecule has 0 atom stereocenters. The van der Waals surface area contributed by atoms with Crippen LogP contribution in [0.3, 0.4) is 0 Å². The van der Waals surface area contributed by atoms with Crippen LogP contribution in [0.5, 0.6) is 0 Å². The summed E-state index contributed by atoms with van der Waals surface area (Å²) in [6.07, 6.45) is 1.80. The summed E-state index contributed by atoms with van der Waals surface area (Å²) in [6, 6.07) is 7.77. The van der Waals surface area contributed by atoms with E-state index in [4.69, 9.17) is 16.3 Å². The number of piperidine rings is 1. The van der Waals surface area contributed by atoms with Crippen molar-refractivity contribution < 1.29 is 9.53 Å². The van der Waals surface area contributed by atoms with Gasteiger partial charge in [0.05, 0.1) is 5.02 Å². The molecule has 3 nitrogen and oxygen atoms in total. The molecule has 1 aromatic carbocycles. The molecule has 1 fully saturated rings. The molecular weight excluding hydrogens is 294 g/mol. The standard InChI is InChI=1S/C15H16ClNO2S/c1-17-8-6-10(7-9-17)19-15(18)14-13(16)11-4-2-3-5-12(11)20-14/h2-5,10H,6-9H2,1H3. The molecule has 0 spiro atoms. The zero-order valence-corrected chi connectivity index (χ0v) is 12.8. The number of thiophene rings is 1. The van der Waals surface area contributed by atoms with E-state index in [2.05, 4.69) is 11.9 Å². The number of benzene rings is 1. The fourth-order valence-electron chi connectivity index (χ4n) is 2.45. The van der Waals surface area contributed by atoms with Crippen molar-refractivity contribution in [2.75, 3.05) is 20.1 Å². The van der Waals surface area contributed by atoms with Crippen LogP contribution in [0.25, 0.3) is 10.1 Å². The number of likely N-dealkylation sites (tertiary alicyclic amines) is 1. The van der Waals surface area contributed by atoms with Crippen molar-refractivity contribution >= 4 is 39.0 Å². The molecule has 0 radical (unpaired) electrons. The normalized spacial score (nSPS) is 17.5. The number of rotatable bonds is 2. The van der Waals surface area contributed by atoms with E-state index in [0.717, 1.165) is 36.0 Å². The lowest BCUT2D eigenvalue weighted by atomic mass is 10.1. The van der Waals surface area contributed by atoms with Gasteiger partial charge < -0.3 is 9.64 Å². The second-order valence-electron chi connectivity index (χ2n) is 5.15. The summed E-state index contributed by atoms with van der Waals surface area (Å²) in [4.78, 5) is 15.0. The summed E-state index contributed by atoms with van der Waals surface area (Å²) >= 11 is 7.70. The van der Waals surface area contributed by atoms with Crippen molar-refractivity contribution in [3.63, 3.8) is 0 Å². The average Bonchev–Trinajstić information content (AvgIpc) is 2.79. The minimum atomic E-state index is -0.286. The summed E-state index contributed by atoms with van der Waals surface area (Å²) in [5, 5.41) is 1.44. The van der Waals surface area contributed by atoms with Gasteiger partial charge in [-0.2, -0.15) is 0 Å². The number of nitrogens with zero attached hydrogens (tertiary/aromatic N) is 1. The third-order valence-electron chi connectivity index (χ3n) is 3.66. The van der Waals surface area contributed by atoms with Crippen molar-refractivity contribution in [3.8, 4) is 0 Å². The van der Waals surface area contributed by atoms with Crippen molar-refractivity contribution in [2.45, 2.75) is 18.9 Å². The maximum atomic E-state index is 12.3. The van der Waals surface area contributed by atoms with Crippen molar-refractivity contribution in [1.82, 2.24) is 4.90 Å². The van der Waals surface area contributed by atoms with Gasteiger partial charge >= 0.3 is 5.97 Å². The van der Waals surface area contributed by atoms with E-state index in [1.165, 1.54) is 11.3 Å². The van der Waals surface area contributed by atoms with Gasteiger partial charge in [-0.05, 0) is 26.0 Å². The zero-order valence-electron chi connectivity index (χ0n) is 11.3. The molecule has 0 bridgehead atoms. The summed E-state index contributed by atoms with van der Waals surface area (Å²) < 4.78 is 6.62. The first kappa shape index (κ1) is 13.9. The number of esters is 1. The Kier molecular flexibility index (Phi) is 3.96. The molecule has 1 aliphatic rings. The molecule has 0 aliphatic carbocycles. The molecular formula is C15H16ClNO2S. The highest BCUT2D eigenvalue weighted by molar-refractivity contribution is 7.21. The number of hydrogen-bond donors (Lipinski definition) is 0. The van der Waals surface area contributed by atoms with E-state index in [1.807, 2.05) is 24.3 Å². The van der Waals surface area contributed by atoms with Gasteiger partial charge in [-0.1, -0.05) is 29.8 Å². The van der Waals surface area contributed by atoms with Crippen LogP contribution in [0.15, 0.2) is 24.3 Å². The molecule has 1 aliphatic heterocycles. The van der Waals surface area contributed by atoms with Crippen LogP contribution in [0, 0.1) is 0 Å². The number of fused-ring (bicyclic) bond motifs is 1. The maximum Gasteiger partial charge on any atom is 0.350 e. The van der Waals surface area contributed by atoms with Gasteiger partial charge in [-0.25, -0.2) is 4.79 Å². The summed E-state index contributed by atoms with van der Waals surface area (Å²) in [5.74, 6) is -0.286. The SMILES string of the molecule is CN1CCC(OC(=O)c2sc3ccccc3c2Cl)CC1. The van der Waals surface area contributed by atoms with E-state index in [9.17, 15) is 4.79 Å². The lowest BCUT2D eigenvalue weighted by molar-refractivity contribution is 0.0145. The van der Waals surface area contributed by atoms with E-state index in [-0.39, 0.29) is 12.1 Å². The second-order valence-corrected chi connectivity index (χ2v) is 6.58. The van der Waals surface area contributed by atoms with Crippen molar-refractivity contribution in [2.24, 2.45) is 0 Å². The minimum absolute atomic E-state index is 0.0139. The van der Waals surface area contributed by atoms with Crippen molar-refractivity contribution in [1.29, 1.82) is 0 Å². The van der Waals surface area contributed by atoms with Gasteiger partial charge in [0.15, 0.2) is 0 Å². The van der Waals surface area contributed by atoms with Gasteiger partial charge in [-0.15, -0.1) is 11.3 Å². The zero-order chi connectivity index (χ0) is 14.1. The van der Waals surface area contributed by atoms with E-state index < -0.39 is 0 Å². The predicted octanol–water partition coefficient (Wildman–Crippen LogP) is 3.81. The number of carbonyl (C=O) groups excluding carboxylic acids is 1. The summed E-state index contributed by atoms with van der Waals surface area (Å²) in [6.45, 7) is 1.94. The highest BCUT2D eigenvalue weighted by atomic mass is 35.5. The van der Waals surface area contributed by atoms with Crippen LogP contribution in [0.1, 0.15) is 22.5 Å². The smallest absolute Gasteiger partial charge is 0.350 e. The van der Waals surface area contributed by atoms with Gasteiger partial charge in [0.1, 0.15) is 11.0 Å². The molecule has 1 aromatic heterocycles. The third-order valence-corrected chi connectivity index (χ3v) is 5.32. The molecule has 0 N–H and O–H groups in total. The second kappa shape index (κ2) is 5.72. The Bertz CT molecular complexity index is 632. The van der Waals surface area contributed by atoms with Crippen LogP contribution in [0.2, 0.25) is 5.02 Å². The van der Waals surface area contributed by atoms with Crippen LogP contribution in [-0.2, 0) is 4.74 Å². The molecule has 2 heterocycles. The Hall–Kier alpha value is -1.10. The third kappa shape index (κ3) is 2.68. The van der Waals surface area contributed by atoms with Crippen LogP contribution < -0.4 is 0 Å². The van der Waals surface area contributed by atoms with E-state index >= 15 is 0 Å². The molecule has 0 amide bonds. The first-order chi connectivity index (χ1) is 9.65. The number of ether oxygens (including phenoxy) is 1. The summed E-state index contributed by atoms with van der Waals surface area (Å²) in [7, 11) is 2.08. The molecule has 0 unspecified atom stereocenters. The lowest BCUT2D eigenvalue weighted by Crippen LogP contribution is -2.35. The fourth-order valence-corrected chi connectivity index (χ4v) is 3.84. The number of carbonyl (C=O) groups is 1. The number of hydrogen-bond acceptors (Lipinski definition) is 4. The summed E-state index contributed by atoms with van der Waals surface area (Å²) in [5.41, 5.74) is 0.